The number of rotatable bonds is 4. The van der Waals surface area contributed by atoms with E-state index in [4.69, 9.17) is 9.47 Å². The summed E-state index contributed by atoms with van der Waals surface area (Å²) in [6, 6.07) is 22.2. The van der Waals surface area contributed by atoms with Gasteiger partial charge in [0.25, 0.3) is 0 Å². The first-order valence-corrected chi connectivity index (χ1v) is 8.34. The SMILES string of the molecule is COc1ccc(/C=N\N=C2c3ccccc3-c3ccccc32)cc1OC. The van der Waals surface area contributed by atoms with E-state index in [0.29, 0.717) is 11.5 Å². The molecule has 0 aliphatic heterocycles. The van der Waals surface area contributed by atoms with Crippen LogP contribution in [0.3, 0.4) is 0 Å². The van der Waals surface area contributed by atoms with Crippen molar-refractivity contribution in [2.45, 2.75) is 0 Å². The van der Waals surface area contributed by atoms with E-state index in [1.54, 1.807) is 20.4 Å². The lowest BCUT2D eigenvalue weighted by molar-refractivity contribution is 0.355. The van der Waals surface area contributed by atoms with Crippen LogP contribution in [0, 0.1) is 0 Å². The molecule has 3 aromatic rings. The third-order valence-electron chi connectivity index (χ3n) is 4.43. The van der Waals surface area contributed by atoms with Crippen molar-refractivity contribution in [1.29, 1.82) is 0 Å². The van der Waals surface area contributed by atoms with Crippen molar-refractivity contribution in [1.82, 2.24) is 0 Å². The minimum absolute atomic E-state index is 0.667. The molecule has 0 radical (unpaired) electrons. The van der Waals surface area contributed by atoms with Gasteiger partial charge < -0.3 is 9.47 Å². The van der Waals surface area contributed by atoms with Crippen LogP contribution >= 0.6 is 0 Å². The summed E-state index contributed by atoms with van der Waals surface area (Å²) in [5.74, 6) is 1.36. The van der Waals surface area contributed by atoms with E-state index < -0.39 is 0 Å². The zero-order chi connectivity index (χ0) is 17.9. The molecule has 128 valence electrons. The molecule has 0 aromatic heterocycles. The molecule has 0 fully saturated rings. The van der Waals surface area contributed by atoms with Gasteiger partial charge in [-0.05, 0) is 34.9 Å². The molecule has 0 spiro atoms. The van der Waals surface area contributed by atoms with E-state index in [0.717, 1.165) is 22.4 Å². The predicted octanol–water partition coefficient (Wildman–Crippen LogP) is 4.56. The van der Waals surface area contributed by atoms with Gasteiger partial charge in [0.2, 0.25) is 0 Å². The van der Waals surface area contributed by atoms with E-state index >= 15 is 0 Å². The highest BCUT2D eigenvalue weighted by atomic mass is 16.5. The minimum Gasteiger partial charge on any atom is -0.493 e. The van der Waals surface area contributed by atoms with Crippen LogP contribution in [-0.2, 0) is 0 Å². The summed E-state index contributed by atoms with van der Waals surface area (Å²) in [5, 5.41) is 8.83. The Labute approximate surface area is 152 Å². The lowest BCUT2D eigenvalue weighted by Gasteiger charge is -2.07. The number of hydrogen-bond acceptors (Lipinski definition) is 4. The second-order valence-electron chi connectivity index (χ2n) is 5.90. The first-order chi connectivity index (χ1) is 12.8. The van der Waals surface area contributed by atoms with Gasteiger partial charge in [-0.3, -0.25) is 0 Å². The van der Waals surface area contributed by atoms with E-state index in [9.17, 15) is 0 Å². The molecule has 0 saturated heterocycles. The fourth-order valence-corrected chi connectivity index (χ4v) is 3.19. The molecule has 0 unspecified atom stereocenters. The van der Waals surface area contributed by atoms with Crippen LogP contribution in [0.25, 0.3) is 11.1 Å². The zero-order valence-corrected chi connectivity index (χ0v) is 14.6. The summed E-state index contributed by atoms with van der Waals surface area (Å²) in [4.78, 5) is 0. The second-order valence-corrected chi connectivity index (χ2v) is 5.90. The first kappa shape index (κ1) is 16.1. The fraction of sp³-hybridized carbons (Fsp3) is 0.0909. The summed E-state index contributed by atoms with van der Waals surface area (Å²) < 4.78 is 10.6. The molecule has 1 aliphatic rings. The van der Waals surface area contributed by atoms with Crippen LogP contribution in [0.15, 0.2) is 76.9 Å². The Morgan fingerprint density at radius 1 is 0.692 bits per heavy atom. The number of methoxy groups -OCH3 is 2. The highest BCUT2D eigenvalue weighted by Gasteiger charge is 2.23. The van der Waals surface area contributed by atoms with Crippen molar-refractivity contribution < 1.29 is 9.47 Å². The quantitative estimate of drug-likeness (QED) is 0.403. The van der Waals surface area contributed by atoms with Gasteiger partial charge in [-0.25, -0.2) is 0 Å². The highest BCUT2D eigenvalue weighted by Crippen LogP contribution is 2.36. The molecule has 3 aromatic carbocycles. The van der Waals surface area contributed by atoms with E-state index in [-0.39, 0.29) is 0 Å². The Morgan fingerprint density at radius 2 is 1.27 bits per heavy atom. The minimum atomic E-state index is 0.667. The van der Waals surface area contributed by atoms with E-state index in [1.807, 2.05) is 42.5 Å². The maximum absolute atomic E-state index is 5.33. The van der Waals surface area contributed by atoms with Crippen molar-refractivity contribution in [3.05, 3.63) is 83.4 Å². The van der Waals surface area contributed by atoms with E-state index in [2.05, 4.69) is 34.5 Å². The molecule has 26 heavy (non-hydrogen) atoms. The molecule has 0 atom stereocenters. The van der Waals surface area contributed by atoms with Crippen molar-refractivity contribution in [3.8, 4) is 22.6 Å². The molecular weight excluding hydrogens is 324 g/mol. The zero-order valence-electron chi connectivity index (χ0n) is 14.6. The Bertz CT molecular complexity index is 975. The summed E-state index contributed by atoms with van der Waals surface area (Å²) in [5.41, 5.74) is 6.40. The lowest BCUT2D eigenvalue weighted by Crippen LogP contribution is -1.97. The molecule has 0 bridgehead atoms. The number of ether oxygens (including phenoxy) is 2. The summed E-state index contributed by atoms with van der Waals surface area (Å²) in [7, 11) is 3.23. The average Bonchev–Trinajstić information content (AvgIpc) is 3.02. The largest absolute Gasteiger partial charge is 0.493 e. The molecular formula is C22H18N2O2. The average molecular weight is 342 g/mol. The third kappa shape index (κ3) is 2.75. The number of nitrogens with zero attached hydrogens (tertiary/aromatic N) is 2. The summed E-state index contributed by atoms with van der Waals surface area (Å²) >= 11 is 0. The molecule has 0 saturated carbocycles. The summed E-state index contributed by atoms with van der Waals surface area (Å²) in [6.07, 6.45) is 1.72. The lowest BCUT2D eigenvalue weighted by atomic mass is 10.1. The molecule has 4 nitrogen and oxygen atoms in total. The second kappa shape index (κ2) is 6.84. The Balaban J connectivity index is 1.70. The number of fused-ring (bicyclic) bond motifs is 3. The summed E-state index contributed by atoms with van der Waals surface area (Å²) in [6.45, 7) is 0. The molecule has 1 aliphatic carbocycles. The third-order valence-corrected chi connectivity index (χ3v) is 4.43. The van der Waals surface area contributed by atoms with Gasteiger partial charge in [-0.15, -0.1) is 5.10 Å². The Morgan fingerprint density at radius 3 is 1.85 bits per heavy atom. The first-order valence-electron chi connectivity index (χ1n) is 8.34. The maximum Gasteiger partial charge on any atom is 0.161 e. The van der Waals surface area contributed by atoms with Gasteiger partial charge in [0.1, 0.15) is 5.71 Å². The highest BCUT2D eigenvalue weighted by molar-refractivity contribution is 6.24. The van der Waals surface area contributed by atoms with Gasteiger partial charge in [-0.2, -0.15) is 5.10 Å². The molecule has 4 heteroatoms. The van der Waals surface area contributed by atoms with Crippen molar-refractivity contribution >= 4 is 11.9 Å². The van der Waals surface area contributed by atoms with Crippen molar-refractivity contribution in [2.75, 3.05) is 14.2 Å². The normalized spacial score (nSPS) is 12.0. The van der Waals surface area contributed by atoms with Gasteiger partial charge in [0.05, 0.1) is 20.4 Å². The Hall–Kier alpha value is -3.40. The van der Waals surface area contributed by atoms with Crippen LogP contribution < -0.4 is 9.47 Å². The topological polar surface area (TPSA) is 43.2 Å². The molecule has 0 heterocycles. The van der Waals surface area contributed by atoms with Crippen LogP contribution in [0.1, 0.15) is 16.7 Å². The number of hydrogen-bond donors (Lipinski definition) is 0. The van der Waals surface area contributed by atoms with Crippen LogP contribution in [-0.4, -0.2) is 26.1 Å². The Kier molecular flexibility index (Phi) is 4.23. The van der Waals surface area contributed by atoms with Gasteiger partial charge in [-0.1, -0.05) is 48.5 Å². The predicted molar refractivity (Wildman–Crippen MR) is 105 cm³/mol. The number of benzene rings is 3. The van der Waals surface area contributed by atoms with Crippen LogP contribution in [0.4, 0.5) is 0 Å². The van der Waals surface area contributed by atoms with Crippen LogP contribution in [0.5, 0.6) is 11.5 Å². The van der Waals surface area contributed by atoms with Crippen molar-refractivity contribution in [3.63, 3.8) is 0 Å². The molecule has 4 rings (SSSR count). The van der Waals surface area contributed by atoms with Crippen molar-refractivity contribution in [2.24, 2.45) is 10.2 Å². The monoisotopic (exact) mass is 342 g/mol. The standard InChI is InChI=1S/C22H18N2O2/c1-25-20-12-11-15(13-21(20)26-2)14-23-24-22-18-9-5-3-7-16(18)17-8-4-6-10-19(17)22/h3-14H,1-2H3/b23-14-. The maximum atomic E-state index is 5.33. The molecule has 0 N–H and O–H groups in total. The van der Waals surface area contributed by atoms with Crippen LogP contribution in [0.2, 0.25) is 0 Å². The molecule has 0 amide bonds. The van der Waals surface area contributed by atoms with Gasteiger partial charge >= 0.3 is 0 Å². The fourth-order valence-electron chi connectivity index (χ4n) is 3.19. The smallest absolute Gasteiger partial charge is 0.161 e. The van der Waals surface area contributed by atoms with E-state index in [1.165, 1.54) is 11.1 Å². The van der Waals surface area contributed by atoms with Gasteiger partial charge in [0.15, 0.2) is 11.5 Å². The van der Waals surface area contributed by atoms with Gasteiger partial charge in [0, 0.05) is 11.1 Å².